The second kappa shape index (κ2) is 8.34. The van der Waals surface area contributed by atoms with Crippen molar-refractivity contribution in [1.29, 1.82) is 0 Å². The maximum absolute atomic E-state index is 12.8. The summed E-state index contributed by atoms with van der Waals surface area (Å²) in [4.78, 5) is 15.8. The van der Waals surface area contributed by atoms with Crippen LogP contribution < -0.4 is 4.74 Å². The van der Waals surface area contributed by atoms with Crippen LogP contribution in [0.3, 0.4) is 0 Å². The number of hydrogen-bond donors (Lipinski definition) is 0. The van der Waals surface area contributed by atoms with Gasteiger partial charge in [0.2, 0.25) is 5.82 Å². The molecule has 9 heteroatoms. The second-order valence-electron chi connectivity index (χ2n) is 6.29. The predicted molar refractivity (Wildman–Crippen MR) is 95.9 cm³/mol. The SMILES string of the molecule is Cc1ccc(OCC(=O)OCc2nc(-c3cccc(C(F)(F)F)c3)no2)cc1C. The van der Waals surface area contributed by atoms with Crippen LogP contribution in [0.25, 0.3) is 11.4 Å². The first kappa shape index (κ1) is 20.4. The van der Waals surface area contributed by atoms with Crippen LogP contribution in [-0.4, -0.2) is 22.7 Å². The summed E-state index contributed by atoms with van der Waals surface area (Å²) < 4.78 is 53.7. The molecular formula is C20H17F3N2O4. The van der Waals surface area contributed by atoms with Crippen molar-refractivity contribution in [2.45, 2.75) is 26.6 Å². The Labute approximate surface area is 164 Å². The number of ether oxygens (including phenoxy) is 2. The van der Waals surface area contributed by atoms with E-state index in [-0.39, 0.29) is 30.5 Å². The minimum atomic E-state index is -4.48. The summed E-state index contributed by atoms with van der Waals surface area (Å²) in [5.41, 5.74) is 1.45. The van der Waals surface area contributed by atoms with E-state index in [0.29, 0.717) is 5.75 Å². The zero-order valence-corrected chi connectivity index (χ0v) is 15.6. The predicted octanol–water partition coefficient (Wildman–Crippen LogP) is 4.49. The minimum Gasteiger partial charge on any atom is -0.482 e. The molecule has 0 aliphatic carbocycles. The minimum absolute atomic E-state index is 0.0338. The lowest BCUT2D eigenvalue weighted by Gasteiger charge is -2.07. The highest BCUT2D eigenvalue weighted by atomic mass is 19.4. The molecule has 0 aliphatic heterocycles. The lowest BCUT2D eigenvalue weighted by Crippen LogP contribution is -2.15. The van der Waals surface area contributed by atoms with Gasteiger partial charge in [0.1, 0.15) is 5.75 Å². The van der Waals surface area contributed by atoms with Crippen LogP contribution in [0.2, 0.25) is 0 Å². The van der Waals surface area contributed by atoms with Crippen molar-refractivity contribution in [3.63, 3.8) is 0 Å². The number of aromatic nitrogens is 2. The number of alkyl halides is 3. The van der Waals surface area contributed by atoms with Gasteiger partial charge < -0.3 is 14.0 Å². The molecule has 0 atom stereocenters. The standard InChI is InChI=1S/C20H17F3N2O4/c1-12-6-7-16(8-13(12)2)27-11-18(26)28-10-17-24-19(25-29-17)14-4-3-5-15(9-14)20(21,22)23/h3-9H,10-11H2,1-2H3. The Kier molecular flexibility index (Phi) is 5.86. The van der Waals surface area contributed by atoms with Crippen LogP contribution in [0.4, 0.5) is 13.2 Å². The molecule has 0 bridgehead atoms. The van der Waals surface area contributed by atoms with Gasteiger partial charge in [-0.05, 0) is 49.2 Å². The first-order valence-corrected chi connectivity index (χ1v) is 8.58. The van der Waals surface area contributed by atoms with Gasteiger partial charge in [0.25, 0.3) is 5.89 Å². The number of halogens is 3. The molecule has 0 aliphatic rings. The molecule has 29 heavy (non-hydrogen) atoms. The molecule has 0 N–H and O–H groups in total. The molecule has 0 saturated heterocycles. The number of carbonyl (C=O) groups is 1. The van der Waals surface area contributed by atoms with Crippen molar-refractivity contribution in [3.05, 3.63) is 65.0 Å². The smallest absolute Gasteiger partial charge is 0.416 e. The Morgan fingerprint density at radius 3 is 2.62 bits per heavy atom. The molecule has 0 spiro atoms. The summed E-state index contributed by atoms with van der Waals surface area (Å²) in [6.07, 6.45) is -4.48. The molecule has 3 aromatic rings. The molecule has 0 fully saturated rings. The highest BCUT2D eigenvalue weighted by molar-refractivity contribution is 5.71. The lowest BCUT2D eigenvalue weighted by molar-refractivity contribution is -0.148. The number of rotatable bonds is 6. The van der Waals surface area contributed by atoms with Crippen LogP contribution in [0.1, 0.15) is 22.6 Å². The molecular weight excluding hydrogens is 389 g/mol. The van der Waals surface area contributed by atoms with E-state index in [1.165, 1.54) is 12.1 Å². The fourth-order valence-electron chi connectivity index (χ4n) is 2.40. The van der Waals surface area contributed by atoms with Gasteiger partial charge in [0.05, 0.1) is 5.56 Å². The Hall–Kier alpha value is -3.36. The Morgan fingerprint density at radius 2 is 1.90 bits per heavy atom. The van der Waals surface area contributed by atoms with Crippen LogP contribution in [0, 0.1) is 13.8 Å². The van der Waals surface area contributed by atoms with Crippen molar-refractivity contribution in [3.8, 4) is 17.1 Å². The highest BCUT2D eigenvalue weighted by Gasteiger charge is 2.30. The van der Waals surface area contributed by atoms with E-state index >= 15 is 0 Å². The van der Waals surface area contributed by atoms with E-state index in [1.807, 2.05) is 26.0 Å². The van der Waals surface area contributed by atoms with E-state index in [0.717, 1.165) is 23.3 Å². The summed E-state index contributed by atoms with van der Waals surface area (Å²) in [7, 11) is 0. The second-order valence-corrected chi connectivity index (χ2v) is 6.29. The van der Waals surface area contributed by atoms with E-state index in [1.54, 1.807) is 6.07 Å². The fraction of sp³-hybridized carbons (Fsp3) is 0.250. The first-order valence-electron chi connectivity index (χ1n) is 8.58. The fourth-order valence-corrected chi connectivity index (χ4v) is 2.40. The zero-order valence-electron chi connectivity index (χ0n) is 15.6. The number of aryl methyl sites for hydroxylation is 2. The van der Waals surface area contributed by atoms with Crippen molar-refractivity contribution in [1.82, 2.24) is 10.1 Å². The maximum atomic E-state index is 12.8. The molecule has 0 saturated carbocycles. The number of esters is 1. The molecule has 0 radical (unpaired) electrons. The van der Waals surface area contributed by atoms with E-state index in [9.17, 15) is 18.0 Å². The molecule has 0 unspecified atom stereocenters. The number of benzene rings is 2. The summed E-state index contributed by atoms with van der Waals surface area (Å²) in [6, 6.07) is 9.96. The number of hydrogen-bond acceptors (Lipinski definition) is 6. The van der Waals surface area contributed by atoms with Crippen molar-refractivity contribution >= 4 is 5.97 Å². The third-order valence-corrected chi connectivity index (χ3v) is 4.11. The molecule has 6 nitrogen and oxygen atoms in total. The number of carbonyl (C=O) groups excluding carboxylic acids is 1. The van der Waals surface area contributed by atoms with Crippen LogP contribution in [0.15, 0.2) is 47.0 Å². The zero-order chi connectivity index (χ0) is 21.0. The third kappa shape index (κ3) is 5.34. The van der Waals surface area contributed by atoms with Gasteiger partial charge in [0.15, 0.2) is 13.2 Å². The van der Waals surface area contributed by atoms with Gasteiger partial charge in [-0.1, -0.05) is 23.4 Å². The molecule has 152 valence electrons. The average molecular weight is 406 g/mol. The average Bonchev–Trinajstić information content (AvgIpc) is 3.16. The van der Waals surface area contributed by atoms with Gasteiger partial charge in [-0.25, -0.2) is 4.79 Å². The first-order chi connectivity index (χ1) is 13.7. The molecule has 2 aromatic carbocycles. The Morgan fingerprint density at radius 1 is 1.10 bits per heavy atom. The Bertz CT molecular complexity index is 1010. The highest BCUT2D eigenvalue weighted by Crippen LogP contribution is 2.31. The van der Waals surface area contributed by atoms with E-state index in [4.69, 9.17) is 14.0 Å². The Balaban J connectivity index is 1.55. The van der Waals surface area contributed by atoms with Gasteiger partial charge in [0, 0.05) is 5.56 Å². The summed E-state index contributed by atoms with van der Waals surface area (Å²) in [5, 5.41) is 3.62. The van der Waals surface area contributed by atoms with Crippen LogP contribution in [-0.2, 0) is 22.3 Å². The summed E-state index contributed by atoms with van der Waals surface area (Å²) in [6.45, 7) is 3.27. The summed E-state index contributed by atoms with van der Waals surface area (Å²) >= 11 is 0. The number of nitrogens with zero attached hydrogens (tertiary/aromatic N) is 2. The van der Waals surface area contributed by atoms with Crippen LogP contribution in [0.5, 0.6) is 5.75 Å². The third-order valence-electron chi connectivity index (χ3n) is 4.11. The van der Waals surface area contributed by atoms with Gasteiger partial charge in [-0.2, -0.15) is 18.2 Å². The lowest BCUT2D eigenvalue weighted by atomic mass is 10.1. The summed E-state index contributed by atoms with van der Waals surface area (Å²) in [5.74, 6) is -0.192. The van der Waals surface area contributed by atoms with Crippen molar-refractivity contribution in [2.24, 2.45) is 0 Å². The monoisotopic (exact) mass is 406 g/mol. The molecule has 0 amide bonds. The van der Waals surface area contributed by atoms with Gasteiger partial charge >= 0.3 is 12.1 Å². The molecule has 3 rings (SSSR count). The molecule has 1 heterocycles. The van der Waals surface area contributed by atoms with E-state index < -0.39 is 17.7 Å². The normalized spacial score (nSPS) is 11.3. The van der Waals surface area contributed by atoms with E-state index in [2.05, 4.69) is 10.1 Å². The van der Waals surface area contributed by atoms with Gasteiger partial charge in [-0.15, -0.1) is 0 Å². The van der Waals surface area contributed by atoms with Crippen LogP contribution >= 0.6 is 0 Å². The topological polar surface area (TPSA) is 74.5 Å². The van der Waals surface area contributed by atoms with Crippen molar-refractivity contribution < 1.29 is 32.0 Å². The quantitative estimate of drug-likeness (QED) is 0.562. The molecule has 1 aromatic heterocycles. The van der Waals surface area contributed by atoms with Crippen molar-refractivity contribution in [2.75, 3.05) is 6.61 Å². The largest absolute Gasteiger partial charge is 0.482 e. The maximum Gasteiger partial charge on any atom is 0.416 e. The van der Waals surface area contributed by atoms with Gasteiger partial charge in [-0.3, -0.25) is 0 Å².